The summed E-state index contributed by atoms with van der Waals surface area (Å²) in [5.41, 5.74) is 9.29. The molecule has 2 amide bonds. The maximum Gasteiger partial charge on any atom is 0.251 e. The van der Waals surface area contributed by atoms with Gasteiger partial charge in [-0.2, -0.15) is 0 Å². The number of carbonyl (C=O) groups is 2. The van der Waals surface area contributed by atoms with Crippen LogP contribution in [0.1, 0.15) is 17.3 Å². The largest absolute Gasteiger partial charge is 0.366 e. The van der Waals surface area contributed by atoms with Crippen LogP contribution < -0.4 is 16.8 Å². The Morgan fingerprint density at radius 1 is 1.29 bits per heavy atom. The second-order valence-corrected chi connectivity index (χ2v) is 3.45. The number of primary amides is 1. The van der Waals surface area contributed by atoms with E-state index < -0.39 is 35.1 Å². The van der Waals surface area contributed by atoms with Crippen molar-refractivity contribution in [1.29, 1.82) is 0 Å². The Kier molecular flexibility index (Phi) is 3.74. The van der Waals surface area contributed by atoms with Gasteiger partial charge in [0, 0.05) is 6.07 Å². The number of nitrogens with one attached hydrogen (secondary N) is 1. The molecule has 92 valence electrons. The quantitative estimate of drug-likeness (QED) is 0.714. The molecule has 0 spiro atoms. The first-order valence-electron chi connectivity index (χ1n) is 4.68. The van der Waals surface area contributed by atoms with Crippen LogP contribution in [0, 0.1) is 11.6 Å². The zero-order chi connectivity index (χ0) is 13.2. The Labute approximate surface area is 95.8 Å². The zero-order valence-corrected chi connectivity index (χ0v) is 8.96. The standard InChI is InChI=1S/C10H11F2N3O2/c1-4(13)10(17)15-8-2-5(9(14)16)6(11)3-7(8)12/h2-4H,13H2,1H3,(H2,14,16)(H,15,17). The van der Waals surface area contributed by atoms with E-state index in [0.717, 1.165) is 6.07 Å². The number of amides is 2. The second kappa shape index (κ2) is 4.88. The molecule has 0 radical (unpaired) electrons. The molecule has 1 atom stereocenters. The highest BCUT2D eigenvalue weighted by Crippen LogP contribution is 2.19. The van der Waals surface area contributed by atoms with Gasteiger partial charge in [0.2, 0.25) is 5.91 Å². The number of rotatable bonds is 3. The molecule has 7 heteroatoms. The monoisotopic (exact) mass is 243 g/mol. The molecule has 0 heterocycles. The third-order valence-electron chi connectivity index (χ3n) is 1.99. The summed E-state index contributed by atoms with van der Waals surface area (Å²) in [5.74, 6) is -3.82. The number of halogens is 2. The van der Waals surface area contributed by atoms with Crippen LogP contribution in [-0.2, 0) is 4.79 Å². The van der Waals surface area contributed by atoms with Gasteiger partial charge in [-0.1, -0.05) is 0 Å². The van der Waals surface area contributed by atoms with Gasteiger partial charge in [-0.05, 0) is 13.0 Å². The van der Waals surface area contributed by atoms with Gasteiger partial charge in [-0.25, -0.2) is 8.78 Å². The molecule has 17 heavy (non-hydrogen) atoms. The molecular weight excluding hydrogens is 232 g/mol. The molecule has 1 aromatic carbocycles. The van der Waals surface area contributed by atoms with E-state index in [0.29, 0.717) is 6.07 Å². The first-order valence-corrected chi connectivity index (χ1v) is 4.68. The van der Waals surface area contributed by atoms with Gasteiger partial charge < -0.3 is 16.8 Å². The number of nitrogens with two attached hydrogens (primary N) is 2. The van der Waals surface area contributed by atoms with Crippen LogP contribution in [0.3, 0.4) is 0 Å². The van der Waals surface area contributed by atoms with Gasteiger partial charge in [0.15, 0.2) is 0 Å². The molecule has 1 unspecified atom stereocenters. The number of anilines is 1. The first kappa shape index (κ1) is 13.0. The lowest BCUT2D eigenvalue weighted by atomic mass is 10.1. The maximum atomic E-state index is 13.3. The predicted molar refractivity (Wildman–Crippen MR) is 57.2 cm³/mol. The van der Waals surface area contributed by atoms with Crippen LogP contribution >= 0.6 is 0 Å². The number of carbonyl (C=O) groups excluding carboxylic acids is 2. The van der Waals surface area contributed by atoms with Crippen molar-refractivity contribution < 1.29 is 18.4 Å². The van der Waals surface area contributed by atoms with Gasteiger partial charge in [-0.15, -0.1) is 0 Å². The van der Waals surface area contributed by atoms with E-state index in [-0.39, 0.29) is 5.69 Å². The fraction of sp³-hybridized carbons (Fsp3) is 0.200. The second-order valence-electron chi connectivity index (χ2n) is 3.45. The molecular formula is C10H11F2N3O2. The zero-order valence-electron chi connectivity index (χ0n) is 8.96. The van der Waals surface area contributed by atoms with E-state index in [2.05, 4.69) is 5.32 Å². The van der Waals surface area contributed by atoms with Gasteiger partial charge in [0.1, 0.15) is 11.6 Å². The fourth-order valence-electron chi connectivity index (χ4n) is 1.08. The molecule has 5 N–H and O–H groups in total. The molecule has 0 saturated heterocycles. The normalized spacial score (nSPS) is 12.0. The van der Waals surface area contributed by atoms with Crippen LogP contribution in [0.5, 0.6) is 0 Å². The van der Waals surface area contributed by atoms with Gasteiger partial charge in [0.05, 0.1) is 17.3 Å². The summed E-state index contributed by atoms with van der Waals surface area (Å²) < 4.78 is 26.4. The van der Waals surface area contributed by atoms with Crippen molar-refractivity contribution in [3.63, 3.8) is 0 Å². The molecule has 0 aliphatic carbocycles. The van der Waals surface area contributed by atoms with E-state index in [1.165, 1.54) is 6.92 Å². The highest BCUT2D eigenvalue weighted by Gasteiger charge is 2.16. The Morgan fingerprint density at radius 3 is 2.35 bits per heavy atom. The summed E-state index contributed by atoms with van der Waals surface area (Å²) in [6, 6.07) is 0.431. The molecule has 5 nitrogen and oxygen atoms in total. The lowest BCUT2D eigenvalue weighted by molar-refractivity contribution is -0.117. The summed E-state index contributed by atoms with van der Waals surface area (Å²) in [6.45, 7) is 1.39. The Balaban J connectivity index is 3.12. The van der Waals surface area contributed by atoms with Crippen molar-refractivity contribution in [2.24, 2.45) is 11.5 Å². The van der Waals surface area contributed by atoms with Crippen molar-refractivity contribution >= 4 is 17.5 Å². The first-order chi connectivity index (χ1) is 7.82. The molecule has 0 saturated carbocycles. The van der Waals surface area contributed by atoms with Crippen molar-refractivity contribution in [2.75, 3.05) is 5.32 Å². The van der Waals surface area contributed by atoms with Crippen LogP contribution in [0.25, 0.3) is 0 Å². The number of hydrogen-bond acceptors (Lipinski definition) is 3. The average molecular weight is 243 g/mol. The van der Waals surface area contributed by atoms with E-state index in [9.17, 15) is 18.4 Å². The topological polar surface area (TPSA) is 98.2 Å². The highest BCUT2D eigenvalue weighted by atomic mass is 19.1. The van der Waals surface area contributed by atoms with Crippen LogP contribution in [0.15, 0.2) is 12.1 Å². The van der Waals surface area contributed by atoms with Crippen molar-refractivity contribution in [2.45, 2.75) is 13.0 Å². The number of benzene rings is 1. The van der Waals surface area contributed by atoms with Crippen molar-refractivity contribution in [1.82, 2.24) is 0 Å². The Hall–Kier alpha value is -2.02. The summed E-state index contributed by atoms with van der Waals surface area (Å²) in [7, 11) is 0. The third-order valence-corrected chi connectivity index (χ3v) is 1.99. The highest BCUT2D eigenvalue weighted by molar-refractivity contribution is 5.98. The van der Waals surface area contributed by atoms with Gasteiger partial charge >= 0.3 is 0 Å². The predicted octanol–water partition coefficient (Wildman–Crippen LogP) is 0.349. The molecule has 0 aliphatic heterocycles. The lowest BCUT2D eigenvalue weighted by Gasteiger charge is -2.10. The molecule has 0 aliphatic rings. The van der Waals surface area contributed by atoms with E-state index in [4.69, 9.17) is 11.5 Å². The van der Waals surface area contributed by atoms with Crippen molar-refractivity contribution in [3.05, 3.63) is 29.3 Å². The van der Waals surface area contributed by atoms with Crippen LogP contribution in [0.4, 0.5) is 14.5 Å². The molecule has 1 rings (SSSR count). The summed E-state index contributed by atoms with van der Waals surface area (Å²) in [6.07, 6.45) is 0. The average Bonchev–Trinajstić information content (AvgIpc) is 2.21. The maximum absolute atomic E-state index is 13.3. The van der Waals surface area contributed by atoms with E-state index >= 15 is 0 Å². The summed E-state index contributed by atoms with van der Waals surface area (Å²) in [4.78, 5) is 22.0. The van der Waals surface area contributed by atoms with Gasteiger partial charge in [-0.3, -0.25) is 9.59 Å². The smallest absolute Gasteiger partial charge is 0.251 e. The molecule has 1 aromatic rings. The summed E-state index contributed by atoms with van der Waals surface area (Å²) in [5, 5.41) is 2.12. The fourth-order valence-corrected chi connectivity index (χ4v) is 1.08. The summed E-state index contributed by atoms with van der Waals surface area (Å²) >= 11 is 0. The molecule has 0 bridgehead atoms. The lowest BCUT2D eigenvalue weighted by Crippen LogP contribution is -2.33. The SMILES string of the molecule is CC(N)C(=O)Nc1cc(C(N)=O)c(F)cc1F. The van der Waals surface area contributed by atoms with Crippen LogP contribution in [-0.4, -0.2) is 17.9 Å². The Morgan fingerprint density at radius 2 is 1.88 bits per heavy atom. The van der Waals surface area contributed by atoms with Crippen LogP contribution in [0.2, 0.25) is 0 Å². The minimum atomic E-state index is -1.09. The molecule has 0 aromatic heterocycles. The van der Waals surface area contributed by atoms with E-state index in [1.54, 1.807) is 0 Å². The van der Waals surface area contributed by atoms with E-state index in [1.807, 2.05) is 0 Å². The number of hydrogen-bond donors (Lipinski definition) is 3. The molecule has 0 fully saturated rings. The minimum Gasteiger partial charge on any atom is -0.366 e. The van der Waals surface area contributed by atoms with Gasteiger partial charge in [0.25, 0.3) is 5.91 Å². The minimum absolute atomic E-state index is 0.345. The Bertz CT molecular complexity index is 475. The van der Waals surface area contributed by atoms with Crippen molar-refractivity contribution in [3.8, 4) is 0 Å². The third kappa shape index (κ3) is 2.97.